The molecule has 3 aromatic rings. The van der Waals surface area contributed by atoms with E-state index in [2.05, 4.69) is 37.9 Å². The molecule has 2 aliphatic rings. The first kappa shape index (κ1) is 24.7. The van der Waals surface area contributed by atoms with E-state index in [0.717, 1.165) is 41.0 Å². The van der Waals surface area contributed by atoms with Gasteiger partial charge in [0.2, 0.25) is 5.91 Å². The molecule has 1 fully saturated rings. The third kappa shape index (κ3) is 5.11. The predicted molar refractivity (Wildman–Crippen MR) is 139 cm³/mol. The van der Waals surface area contributed by atoms with Crippen LogP contribution in [0.2, 0.25) is 5.02 Å². The number of carbonyl (C=O) groups is 3. The molecule has 1 aromatic carbocycles. The minimum atomic E-state index is -0.409. The van der Waals surface area contributed by atoms with Crippen LogP contribution in [0.1, 0.15) is 50.1 Å². The van der Waals surface area contributed by atoms with Gasteiger partial charge in [0.1, 0.15) is 5.69 Å². The number of halogens is 1. The lowest BCUT2D eigenvalue weighted by Crippen LogP contribution is -2.55. The number of benzene rings is 1. The number of hydrogen-bond acceptors (Lipinski definition) is 6. The molecule has 1 aliphatic carbocycles. The van der Waals surface area contributed by atoms with E-state index in [9.17, 15) is 14.4 Å². The minimum absolute atomic E-state index is 0.0593. The fourth-order valence-corrected chi connectivity index (χ4v) is 6.34. The van der Waals surface area contributed by atoms with Crippen molar-refractivity contribution in [2.75, 3.05) is 20.6 Å². The van der Waals surface area contributed by atoms with Crippen molar-refractivity contribution in [3.05, 3.63) is 50.6 Å². The Morgan fingerprint density at radius 2 is 1.94 bits per heavy atom. The number of carbonyl (C=O) groups excluding carboxylic acids is 3. The van der Waals surface area contributed by atoms with Gasteiger partial charge in [-0.2, -0.15) is 0 Å². The van der Waals surface area contributed by atoms with Crippen LogP contribution in [0.3, 0.4) is 0 Å². The van der Waals surface area contributed by atoms with Crippen LogP contribution >= 0.6 is 22.9 Å². The summed E-state index contributed by atoms with van der Waals surface area (Å²) < 4.78 is 0. The van der Waals surface area contributed by atoms with E-state index >= 15 is 0 Å². The Labute approximate surface area is 218 Å². The van der Waals surface area contributed by atoms with Crippen molar-refractivity contribution in [2.24, 2.45) is 5.92 Å². The van der Waals surface area contributed by atoms with Gasteiger partial charge in [-0.3, -0.25) is 14.4 Å². The average molecular weight is 529 g/mol. The molecule has 3 heterocycles. The lowest BCUT2D eigenvalue weighted by Gasteiger charge is -2.36. The number of nitrogens with one attached hydrogen (secondary N) is 4. The summed E-state index contributed by atoms with van der Waals surface area (Å²) in [5, 5.41) is 10.7. The van der Waals surface area contributed by atoms with Crippen LogP contribution in [-0.2, 0) is 17.8 Å². The molecule has 190 valence electrons. The van der Waals surface area contributed by atoms with E-state index in [-0.39, 0.29) is 29.7 Å². The number of nitrogens with zero attached hydrogens (tertiary/aromatic N) is 2. The number of thiazole rings is 1. The van der Waals surface area contributed by atoms with E-state index in [1.54, 1.807) is 25.2 Å². The Kier molecular flexibility index (Phi) is 7.00. The highest BCUT2D eigenvalue weighted by atomic mass is 35.5. The van der Waals surface area contributed by atoms with Gasteiger partial charge in [0.05, 0.1) is 11.7 Å². The second-order valence-electron chi connectivity index (χ2n) is 9.58. The van der Waals surface area contributed by atoms with Crippen LogP contribution in [0.5, 0.6) is 0 Å². The van der Waals surface area contributed by atoms with Gasteiger partial charge in [-0.25, -0.2) is 4.98 Å². The Hall–Kier alpha value is -2.95. The first-order valence-electron chi connectivity index (χ1n) is 12.1. The smallest absolute Gasteiger partial charge is 0.280 e. The SMILES string of the molecule is CNC(=O)C1CCC(NC(=O)c2nc3c(s2)CN(C)CC3)C(NC(=O)c2cc3cc(Cl)ccc3[nH]2)C1. The van der Waals surface area contributed by atoms with Gasteiger partial charge >= 0.3 is 0 Å². The molecular weight excluding hydrogens is 500 g/mol. The fourth-order valence-electron chi connectivity index (χ4n) is 5.07. The Bertz CT molecular complexity index is 1320. The van der Waals surface area contributed by atoms with E-state index in [1.807, 2.05) is 6.07 Å². The molecule has 5 rings (SSSR count). The second kappa shape index (κ2) is 10.2. The molecule has 11 heteroatoms. The number of rotatable bonds is 5. The van der Waals surface area contributed by atoms with Crippen molar-refractivity contribution in [1.82, 2.24) is 30.8 Å². The monoisotopic (exact) mass is 528 g/mol. The average Bonchev–Trinajstić information content (AvgIpc) is 3.48. The summed E-state index contributed by atoms with van der Waals surface area (Å²) in [5.74, 6) is -0.828. The highest BCUT2D eigenvalue weighted by Crippen LogP contribution is 2.28. The number of amides is 3. The molecule has 4 N–H and O–H groups in total. The largest absolute Gasteiger partial charge is 0.359 e. The van der Waals surface area contributed by atoms with Gasteiger partial charge in [-0.05, 0) is 50.6 Å². The third-order valence-electron chi connectivity index (χ3n) is 7.04. The molecule has 3 amide bonds. The summed E-state index contributed by atoms with van der Waals surface area (Å²) in [6.07, 6.45) is 2.47. The molecule has 3 atom stereocenters. The van der Waals surface area contributed by atoms with E-state index in [1.165, 1.54) is 11.3 Å². The zero-order valence-electron chi connectivity index (χ0n) is 20.2. The van der Waals surface area contributed by atoms with Crippen LogP contribution in [0, 0.1) is 5.92 Å². The fraction of sp³-hybridized carbons (Fsp3) is 0.440. The molecule has 36 heavy (non-hydrogen) atoms. The number of aromatic amines is 1. The Morgan fingerprint density at radius 1 is 1.14 bits per heavy atom. The molecule has 1 aliphatic heterocycles. The van der Waals surface area contributed by atoms with Crippen molar-refractivity contribution in [1.29, 1.82) is 0 Å². The zero-order chi connectivity index (χ0) is 25.4. The van der Waals surface area contributed by atoms with Gasteiger partial charge in [0.15, 0.2) is 5.01 Å². The van der Waals surface area contributed by atoms with Crippen LogP contribution in [0.4, 0.5) is 0 Å². The van der Waals surface area contributed by atoms with Gasteiger partial charge in [0, 0.05) is 59.3 Å². The first-order chi connectivity index (χ1) is 17.3. The van der Waals surface area contributed by atoms with Gasteiger partial charge < -0.3 is 25.8 Å². The van der Waals surface area contributed by atoms with E-state index < -0.39 is 6.04 Å². The number of likely N-dealkylation sites (N-methyl/N-ethyl adjacent to an activating group) is 1. The third-order valence-corrected chi connectivity index (χ3v) is 8.36. The van der Waals surface area contributed by atoms with E-state index in [4.69, 9.17) is 11.6 Å². The van der Waals surface area contributed by atoms with Crippen molar-refractivity contribution in [2.45, 2.75) is 44.3 Å². The van der Waals surface area contributed by atoms with E-state index in [0.29, 0.717) is 35.0 Å². The van der Waals surface area contributed by atoms with Gasteiger partial charge in [0.25, 0.3) is 11.8 Å². The van der Waals surface area contributed by atoms with Crippen LogP contribution in [0.15, 0.2) is 24.3 Å². The Balaban J connectivity index is 1.33. The van der Waals surface area contributed by atoms with Crippen molar-refractivity contribution < 1.29 is 14.4 Å². The highest BCUT2D eigenvalue weighted by molar-refractivity contribution is 7.13. The maximum absolute atomic E-state index is 13.2. The van der Waals surface area contributed by atoms with Crippen LogP contribution in [-0.4, -0.2) is 65.3 Å². The zero-order valence-corrected chi connectivity index (χ0v) is 21.8. The van der Waals surface area contributed by atoms with Crippen molar-refractivity contribution in [3.8, 4) is 0 Å². The summed E-state index contributed by atoms with van der Waals surface area (Å²) in [5.41, 5.74) is 2.20. The summed E-state index contributed by atoms with van der Waals surface area (Å²) >= 11 is 7.51. The molecule has 2 aromatic heterocycles. The number of fused-ring (bicyclic) bond motifs is 2. The molecule has 0 saturated heterocycles. The molecule has 0 spiro atoms. The predicted octanol–water partition coefficient (Wildman–Crippen LogP) is 2.71. The molecule has 9 nitrogen and oxygen atoms in total. The lowest BCUT2D eigenvalue weighted by molar-refractivity contribution is -0.125. The number of aromatic nitrogens is 2. The number of H-pyrrole nitrogens is 1. The maximum Gasteiger partial charge on any atom is 0.280 e. The van der Waals surface area contributed by atoms with Crippen molar-refractivity contribution in [3.63, 3.8) is 0 Å². The van der Waals surface area contributed by atoms with Gasteiger partial charge in [-0.1, -0.05) is 11.6 Å². The number of hydrogen-bond donors (Lipinski definition) is 4. The summed E-state index contributed by atoms with van der Waals surface area (Å²) in [4.78, 5) is 49.7. The standard InChI is InChI=1S/C25H29ClN6O3S/c1-27-22(33)13-3-5-17(29-24(35)25-31-18-7-8-32(2)12-21(18)36-25)19(10-13)30-23(34)20-11-14-9-15(26)4-6-16(14)28-20/h4,6,9,11,13,17,19,28H,3,5,7-8,10,12H2,1-2H3,(H,27,33)(H,29,35)(H,30,34). The summed E-state index contributed by atoms with van der Waals surface area (Å²) in [6, 6.07) is 6.40. The lowest BCUT2D eigenvalue weighted by atomic mass is 9.81. The topological polar surface area (TPSA) is 119 Å². The first-order valence-corrected chi connectivity index (χ1v) is 13.3. The van der Waals surface area contributed by atoms with Crippen LogP contribution in [0.25, 0.3) is 10.9 Å². The highest BCUT2D eigenvalue weighted by Gasteiger charge is 2.36. The van der Waals surface area contributed by atoms with Crippen molar-refractivity contribution >= 4 is 51.6 Å². The normalized spacial score (nSPS) is 22.1. The Morgan fingerprint density at radius 3 is 2.75 bits per heavy atom. The molecule has 3 unspecified atom stereocenters. The minimum Gasteiger partial charge on any atom is -0.359 e. The quantitative estimate of drug-likeness (QED) is 0.406. The molecule has 0 bridgehead atoms. The molecular formula is C25H29ClN6O3S. The molecule has 1 saturated carbocycles. The summed E-state index contributed by atoms with van der Waals surface area (Å²) in [6.45, 7) is 1.72. The second-order valence-corrected chi connectivity index (χ2v) is 11.1. The van der Waals surface area contributed by atoms with Crippen LogP contribution < -0.4 is 16.0 Å². The molecule has 0 radical (unpaired) electrons. The van der Waals surface area contributed by atoms with Gasteiger partial charge in [-0.15, -0.1) is 11.3 Å². The summed E-state index contributed by atoms with van der Waals surface area (Å²) in [7, 11) is 3.67. The maximum atomic E-state index is 13.2.